The van der Waals surface area contributed by atoms with E-state index in [0.29, 0.717) is 19.3 Å². The number of hydrogen-bond acceptors (Lipinski definition) is 6. The maximum atomic E-state index is 12.8. The molecule has 2 atom stereocenters. The fourth-order valence-electron chi connectivity index (χ4n) is 8.97. The number of ether oxygens (including phenoxy) is 3. The molecule has 1 unspecified atom stereocenters. The summed E-state index contributed by atoms with van der Waals surface area (Å²) in [6, 6.07) is 0. The molecule has 6 nitrogen and oxygen atoms in total. The van der Waals surface area contributed by atoms with Crippen molar-refractivity contribution in [3.8, 4) is 0 Å². The van der Waals surface area contributed by atoms with Crippen molar-refractivity contribution in [2.24, 2.45) is 17.8 Å². The molecule has 0 bridgehead atoms. The van der Waals surface area contributed by atoms with Crippen LogP contribution in [0.25, 0.3) is 0 Å². The van der Waals surface area contributed by atoms with E-state index in [1.807, 2.05) is 0 Å². The zero-order chi connectivity index (χ0) is 47.7. The summed E-state index contributed by atoms with van der Waals surface area (Å²) < 4.78 is 16.9. The molecule has 0 saturated carbocycles. The van der Waals surface area contributed by atoms with Gasteiger partial charge in [-0.15, -0.1) is 0 Å². The lowest BCUT2D eigenvalue weighted by Gasteiger charge is -2.18. The Kier molecular flexibility index (Phi) is 49.1. The van der Waals surface area contributed by atoms with Gasteiger partial charge in [0.1, 0.15) is 13.2 Å². The van der Waals surface area contributed by atoms with Crippen molar-refractivity contribution in [2.75, 3.05) is 13.2 Å². The van der Waals surface area contributed by atoms with Crippen molar-refractivity contribution in [3.05, 3.63) is 0 Å². The Morgan fingerprint density at radius 1 is 0.308 bits per heavy atom. The zero-order valence-electron chi connectivity index (χ0n) is 44.8. The highest BCUT2D eigenvalue weighted by molar-refractivity contribution is 5.71. The van der Waals surface area contributed by atoms with E-state index in [-0.39, 0.29) is 31.1 Å². The first-order valence-electron chi connectivity index (χ1n) is 29.1. The Hall–Kier alpha value is -1.59. The molecule has 0 aliphatic carbocycles. The van der Waals surface area contributed by atoms with Crippen molar-refractivity contribution in [2.45, 2.75) is 330 Å². The first-order chi connectivity index (χ1) is 31.6. The van der Waals surface area contributed by atoms with Gasteiger partial charge in [-0.1, -0.05) is 286 Å². The van der Waals surface area contributed by atoms with Crippen LogP contribution in [0.3, 0.4) is 0 Å². The highest BCUT2D eigenvalue weighted by Crippen LogP contribution is 2.19. The monoisotopic (exact) mass is 919 g/mol. The minimum Gasteiger partial charge on any atom is -0.462 e. The average molecular weight is 920 g/mol. The van der Waals surface area contributed by atoms with Crippen molar-refractivity contribution in [1.82, 2.24) is 0 Å². The van der Waals surface area contributed by atoms with E-state index in [1.165, 1.54) is 205 Å². The first-order valence-corrected chi connectivity index (χ1v) is 29.1. The molecule has 0 N–H and O–H groups in total. The fourth-order valence-corrected chi connectivity index (χ4v) is 8.97. The van der Waals surface area contributed by atoms with Crippen LogP contribution in [0.2, 0.25) is 0 Å². The van der Waals surface area contributed by atoms with E-state index in [0.717, 1.165) is 75.5 Å². The molecule has 0 saturated heterocycles. The number of hydrogen-bond donors (Lipinski definition) is 0. The third-order valence-electron chi connectivity index (χ3n) is 13.8. The van der Waals surface area contributed by atoms with E-state index < -0.39 is 6.10 Å². The minimum absolute atomic E-state index is 0.0639. The van der Waals surface area contributed by atoms with Crippen LogP contribution < -0.4 is 0 Å². The number of carbonyl (C=O) groups excluding carboxylic acids is 3. The van der Waals surface area contributed by atoms with Crippen molar-refractivity contribution >= 4 is 17.9 Å². The predicted octanol–water partition coefficient (Wildman–Crippen LogP) is 19.1. The standard InChI is InChI=1S/C59H114O6/c1-7-55(6)47-41-35-29-25-26-32-38-44-50-59(62)65-56(52-64-58(61)49-43-37-31-24-20-16-12-14-18-22-28-34-40-46-54(4)5)51-63-57(60)48-42-36-30-23-19-15-11-9-8-10-13-17-21-27-33-39-45-53(2)3/h53-56H,7-52H2,1-6H3/t55?,56-/m1/s1. The molecule has 386 valence electrons. The van der Waals surface area contributed by atoms with Crippen LogP contribution in [0.15, 0.2) is 0 Å². The van der Waals surface area contributed by atoms with E-state index in [2.05, 4.69) is 41.5 Å². The summed E-state index contributed by atoms with van der Waals surface area (Å²) in [6.45, 7) is 13.8. The van der Waals surface area contributed by atoms with Gasteiger partial charge in [-0.3, -0.25) is 14.4 Å². The molecule has 0 amide bonds. The van der Waals surface area contributed by atoms with Crippen LogP contribution in [0.4, 0.5) is 0 Å². The lowest BCUT2D eigenvalue weighted by molar-refractivity contribution is -0.167. The molecule has 0 aromatic heterocycles. The van der Waals surface area contributed by atoms with Crippen LogP contribution in [0.5, 0.6) is 0 Å². The summed E-state index contributed by atoms with van der Waals surface area (Å²) in [6.07, 6.45) is 52.3. The lowest BCUT2D eigenvalue weighted by Crippen LogP contribution is -2.30. The van der Waals surface area contributed by atoms with Gasteiger partial charge >= 0.3 is 17.9 Å². The molecule has 0 spiro atoms. The quantitative estimate of drug-likeness (QED) is 0.0344. The molecule has 0 rings (SSSR count). The van der Waals surface area contributed by atoms with Crippen molar-refractivity contribution in [3.63, 3.8) is 0 Å². The summed E-state index contributed by atoms with van der Waals surface area (Å²) in [5, 5.41) is 0. The highest BCUT2D eigenvalue weighted by Gasteiger charge is 2.19. The molecule has 0 aromatic carbocycles. The van der Waals surface area contributed by atoms with Crippen LogP contribution in [-0.2, 0) is 28.6 Å². The maximum Gasteiger partial charge on any atom is 0.306 e. The Bertz CT molecular complexity index is 1010. The maximum absolute atomic E-state index is 12.8. The van der Waals surface area contributed by atoms with Gasteiger partial charge in [-0.25, -0.2) is 0 Å². The Balaban J connectivity index is 4.26. The summed E-state index contributed by atoms with van der Waals surface area (Å²) >= 11 is 0. The van der Waals surface area contributed by atoms with E-state index in [1.54, 1.807) is 0 Å². The third-order valence-corrected chi connectivity index (χ3v) is 13.8. The van der Waals surface area contributed by atoms with Gasteiger partial charge in [0.2, 0.25) is 0 Å². The molecule has 0 heterocycles. The third kappa shape index (κ3) is 51.6. The average Bonchev–Trinajstić information content (AvgIpc) is 3.28. The van der Waals surface area contributed by atoms with Gasteiger partial charge in [0.25, 0.3) is 0 Å². The van der Waals surface area contributed by atoms with Gasteiger partial charge < -0.3 is 14.2 Å². The van der Waals surface area contributed by atoms with Crippen LogP contribution in [0.1, 0.15) is 324 Å². The van der Waals surface area contributed by atoms with Gasteiger partial charge in [-0.2, -0.15) is 0 Å². The van der Waals surface area contributed by atoms with E-state index >= 15 is 0 Å². The SMILES string of the molecule is CCC(C)CCCCCCCCCCC(=O)O[C@H](COC(=O)CCCCCCCCCCCCCCCCCCC(C)C)COC(=O)CCCCCCCCCCCCCCCC(C)C. The number of esters is 3. The number of unbranched alkanes of at least 4 members (excludes halogenated alkanes) is 34. The normalized spacial score (nSPS) is 12.6. The molecule has 6 heteroatoms. The van der Waals surface area contributed by atoms with Gasteiger partial charge in [-0.05, 0) is 37.0 Å². The second-order valence-electron chi connectivity index (χ2n) is 21.5. The molecule has 0 radical (unpaired) electrons. The molecule has 65 heavy (non-hydrogen) atoms. The molecule has 0 aliphatic rings. The second-order valence-corrected chi connectivity index (χ2v) is 21.5. The lowest BCUT2D eigenvalue weighted by atomic mass is 9.99. The summed E-state index contributed by atoms with van der Waals surface area (Å²) in [5.74, 6) is 1.69. The van der Waals surface area contributed by atoms with Crippen molar-refractivity contribution in [1.29, 1.82) is 0 Å². The molecular formula is C59H114O6. The largest absolute Gasteiger partial charge is 0.462 e. The van der Waals surface area contributed by atoms with Gasteiger partial charge in [0, 0.05) is 19.3 Å². The van der Waals surface area contributed by atoms with E-state index in [9.17, 15) is 14.4 Å². The van der Waals surface area contributed by atoms with Crippen LogP contribution >= 0.6 is 0 Å². The fraction of sp³-hybridized carbons (Fsp3) is 0.949. The molecule has 0 aliphatic heterocycles. The summed E-state index contributed by atoms with van der Waals surface area (Å²) in [5.41, 5.74) is 0. The zero-order valence-corrected chi connectivity index (χ0v) is 44.8. The first kappa shape index (κ1) is 63.4. The summed E-state index contributed by atoms with van der Waals surface area (Å²) in [4.78, 5) is 38.1. The minimum atomic E-state index is -0.764. The molecular weight excluding hydrogens is 805 g/mol. The topological polar surface area (TPSA) is 78.9 Å². The number of rotatable bonds is 52. The Labute approximate surface area is 406 Å². The van der Waals surface area contributed by atoms with Gasteiger partial charge in [0.15, 0.2) is 6.10 Å². The van der Waals surface area contributed by atoms with E-state index in [4.69, 9.17) is 14.2 Å². The molecule has 0 fully saturated rings. The van der Waals surface area contributed by atoms with Crippen LogP contribution in [0, 0.1) is 17.8 Å². The Morgan fingerprint density at radius 3 is 0.800 bits per heavy atom. The second kappa shape index (κ2) is 50.3. The Morgan fingerprint density at radius 2 is 0.538 bits per heavy atom. The van der Waals surface area contributed by atoms with Gasteiger partial charge in [0.05, 0.1) is 0 Å². The number of carbonyl (C=O) groups is 3. The van der Waals surface area contributed by atoms with Crippen LogP contribution in [-0.4, -0.2) is 37.2 Å². The molecule has 0 aromatic rings. The summed E-state index contributed by atoms with van der Waals surface area (Å²) in [7, 11) is 0. The predicted molar refractivity (Wildman–Crippen MR) is 279 cm³/mol. The highest BCUT2D eigenvalue weighted by atomic mass is 16.6. The van der Waals surface area contributed by atoms with Crippen molar-refractivity contribution < 1.29 is 28.6 Å². The smallest absolute Gasteiger partial charge is 0.306 e.